The summed E-state index contributed by atoms with van der Waals surface area (Å²) < 4.78 is 0. The molecule has 0 amide bonds. The van der Waals surface area contributed by atoms with Crippen molar-refractivity contribution in [3.63, 3.8) is 0 Å². The van der Waals surface area contributed by atoms with E-state index in [1.54, 1.807) is 6.20 Å². The van der Waals surface area contributed by atoms with E-state index in [4.69, 9.17) is 11.5 Å². The van der Waals surface area contributed by atoms with Crippen molar-refractivity contribution in [1.82, 2.24) is 9.97 Å². The Hall–Kier alpha value is -1.16. The zero-order valence-corrected chi connectivity index (χ0v) is 6.83. The van der Waals surface area contributed by atoms with Gasteiger partial charge in [-0.25, -0.2) is 9.97 Å². The fourth-order valence-corrected chi connectivity index (χ4v) is 1.60. The Morgan fingerprint density at radius 3 is 3.17 bits per heavy atom. The second-order valence-corrected chi connectivity index (χ2v) is 3.14. The minimum absolute atomic E-state index is 0.0547. The Morgan fingerprint density at radius 2 is 2.33 bits per heavy atom. The minimum atomic E-state index is 0.0547. The Morgan fingerprint density at radius 1 is 1.50 bits per heavy atom. The van der Waals surface area contributed by atoms with Gasteiger partial charge in [0.1, 0.15) is 0 Å². The zero-order chi connectivity index (χ0) is 8.55. The van der Waals surface area contributed by atoms with Crippen LogP contribution in [0.5, 0.6) is 0 Å². The smallest absolute Gasteiger partial charge is 0.220 e. The molecule has 1 aliphatic rings. The van der Waals surface area contributed by atoms with Gasteiger partial charge < -0.3 is 11.5 Å². The Kier molecular flexibility index (Phi) is 1.69. The largest absolute Gasteiger partial charge is 0.368 e. The molecule has 0 saturated carbocycles. The summed E-state index contributed by atoms with van der Waals surface area (Å²) in [5.74, 6) is 0.325. The molecule has 1 aromatic rings. The van der Waals surface area contributed by atoms with E-state index in [0.29, 0.717) is 5.95 Å². The summed E-state index contributed by atoms with van der Waals surface area (Å²) in [5.41, 5.74) is 13.4. The number of fused-ring (bicyclic) bond motifs is 1. The number of nitrogen functional groups attached to an aromatic ring is 1. The van der Waals surface area contributed by atoms with Crippen LogP contribution in [0.15, 0.2) is 6.20 Å². The first-order valence-electron chi connectivity index (χ1n) is 4.14. The van der Waals surface area contributed by atoms with Crippen molar-refractivity contribution in [3.05, 3.63) is 17.5 Å². The van der Waals surface area contributed by atoms with Crippen molar-refractivity contribution in [1.29, 1.82) is 0 Å². The lowest BCUT2D eigenvalue weighted by Crippen LogP contribution is -2.20. The van der Waals surface area contributed by atoms with Gasteiger partial charge in [0.2, 0.25) is 5.95 Å². The molecule has 0 radical (unpaired) electrons. The van der Waals surface area contributed by atoms with Gasteiger partial charge >= 0.3 is 0 Å². The average Bonchev–Trinajstić information content (AvgIpc) is 2.07. The number of nitrogens with zero attached hydrogens (tertiary/aromatic N) is 2. The molecule has 4 nitrogen and oxygen atoms in total. The lowest BCUT2D eigenvalue weighted by Gasteiger charge is -2.20. The number of hydrogen-bond donors (Lipinski definition) is 2. The van der Waals surface area contributed by atoms with E-state index in [0.717, 1.165) is 30.5 Å². The van der Waals surface area contributed by atoms with Gasteiger partial charge in [0.25, 0.3) is 0 Å². The van der Waals surface area contributed by atoms with Gasteiger partial charge in [-0.3, -0.25) is 0 Å². The molecule has 0 aliphatic heterocycles. The lowest BCUT2D eigenvalue weighted by molar-refractivity contribution is 0.552. The molecular weight excluding hydrogens is 152 g/mol. The van der Waals surface area contributed by atoms with E-state index in [1.807, 2.05) is 0 Å². The minimum Gasteiger partial charge on any atom is -0.368 e. The summed E-state index contributed by atoms with van der Waals surface area (Å²) in [6, 6.07) is 0.0547. The SMILES string of the molecule is Nc1ncc2c(n1)C(N)CCC2. The first-order valence-corrected chi connectivity index (χ1v) is 4.14. The van der Waals surface area contributed by atoms with Gasteiger partial charge in [-0.05, 0) is 24.8 Å². The lowest BCUT2D eigenvalue weighted by atomic mass is 9.94. The summed E-state index contributed by atoms with van der Waals surface area (Å²) >= 11 is 0. The summed E-state index contributed by atoms with van der Waals surface area (Å²) in [4.78, 5) is 8.07. The molecule has 1 atom stereocenters. The van der Waals surface area contributed by atoms with Crippen LogP contribution in [0.4, 0.5) is 5.95 Å². The predicted molar refractivity (Wildman–Crippen MR) is 46.3 cm³/mol. The average molecular weight is 164 g/mol. The maximum Gasteiger partial charge on any atom is 0.220 e. The van der Waals surface area contributed by atoms with Crippen LogP contribution in [-0.2, 0) is 6.42 Å². The third kappa shape index (κ3) is 1.14. The molecule has 12 heavy (non-hydrogen) atoms. The number of rotatable bonds is 0. The molecule has 0 spiro atoms. The summed E-state index contributed by atoms with van der Waals surface area (Å²) in [6.07, 6.45) is 4.95. The molecule has 0 bridgehead atoms. The van der Waals surface area contributed by atoms with Gasteiger partial charge in [-0.2, -0.15) is 0 Å². The monoisotopic (exact) mass is 164 g/mol. The van der Waals surface area contributed by atoms with Crippen molar-refractivity contribution >= 4 is 5.95 Å². The molecule has 4 heteroatoms. The fraction of sp³-hybridized carbons (Fsp3) is 0.500. The number of aryl methyl sites for hydroxylation is 1. The van der Waals surface area contributed by atoms with Gasteiger partial charge in [-0.15, -0.1) is 0 Å². The van der Waals surface area contributed by atoms with E-state index < -0.39 is 0 Å². The zero-order valence-electron chi connectivity index (χ0n) is 6.83. The molecule has 0 fully saturated rings. The molecule has 1 heterocycles. The van der Waals surface area contributed by atoms with Crippen LogP contribution < -0.4 is 11.5 Å². The van der Waals surface area contributed by atoms with Gasteiger partial charge in [0.15, 0.2) is 0 Å². The molecule has 1 aliphatic carbocycles. The van der Waals surface area contributed by atoms with E-state index in [2.05, 4.69) is 9.97 Å². The highest BCUT2D eigenvalue weighted by molar-refractivity contribution is 5.29. The highest BCUT2D eigenvalue weighted by atomic mass is 15.0. The van der Waals surface area contributed by atoms with Crippen LogP contribution in [0.1, 0.15) is 30.1 Å². The molecule has 4 N–H and O–H groups in total. The normalized spacial score (nSPS) is 21.9. The predicted octanol–water partition coefficient (Wildman–Crippen LogP) is 0.395. The highest BCUT2D eigenvalue weighted by Crippen LogP contribution is 2.25. The summed E-state index contributed by atoms with van der Waals surface area (Å²) in [7, 11) is 0. The van der Waals surface area contributed by atoms with Crippen LogP contribution in [0.3, 0.4) is 0 Å². The quantitative estimate of drug-likeness (QED) is 0.581. The van der Waals surface area contributed by atoms with E-state index in [1.165, 1.54) is 0 Å². The van der Waals surface area contributed by atoms with Crippen LogP contribution >= 0.6 is 0 Å². The van der Waals surface area contributed by atoms with Gasteiger partial charge in [0, 0.05) is 12.2 Å². The number of hydrogen-bond acceptors (Lipinski definition) is 4. The van der Waals surface area contributed by atoms with Crippen LogP contribution in [0, 0.1) is 0 Å². The second-order valence-electron chi connectivity index (χ2n) is 3.14. The second kappa shape index (κ2) is 2.71. The van der Waals surface area contributed by atoms with Gasteiger partial charge in [0.05, 0.1) is 5.69 Å². The summed E-state index contributed by atoms with van der Waals surface area (Å²) in [6.45, 7) is 0. The van der Waals surface area contributed by atoms with E-state index in [-0.39, 0.29) is 6.04 Å². The molecular formula is C8H12N4. The maximum atomic E-state index is 5.87. The molecule has 1 aromatic heterocycles. The summed E-state index contributed by atoms with van der Waals surface area (Å²) in [5, 5.41) is 0. The Bertz CT molecular complexity index is 297. The van der Waals surface area contributed by atoms with Crippen molar-refractivity contribution in [2.45, 2.75) is 25.3 Å². The molecule has 64 valence electrons. The number of aromatic nitrogens is 2. The van der Waals surface area contributed by atoms with Crippen molar-refractivity contribution in [3.8, 4) is 0 Å². The standard InChI is InChI=1S/C8H12N4/c9-6-3-1-2-5-4-11-8(10)12-7(5)6/h4,6H,1-3,9H2,(H2,10,11,12). The van der Waals surface area contributed by atoms with Crippen molar-refractivity contribution < 1.29 is 0 Å². The molecule has 2 rings (SSSR count). The topological polar surface area (TPSA) is 77.8 Å². The van der Waals surface area contributed by atoms with Crippen LogP contribution in [-0.4, -0.2) is 9.97 Å². The number of nitrogens with two attached hydrogens (primary N) is 2. The van der Waals surface area contributed by atoms with Crippen LogP contribution in [0.25, 0.3) is 0 Å². The van der Waals surface area contributed by atoms with E-state index >= 15 is 0 Å². The third-order valence-corrected chi connectivity index (χ3v) is 2.23. The van der Waals surface area contributed by atoms with Crippen molar-refractivity contribution in [2.75, 3.05) is 5.73 Å². The maximum absolute atomic E-state index is 5.87. The highest BCUT2D eigenvalue weighted by Gasteiger charge is 2.18. The fourth-order valence-electron chi connectivity index (χ4n) is 1.60. The number of anilines is 1. The Labute approximate surface area is 71.0 Å². The molecule has 0 aromatic carbocycles. The molecule has 1 unspecified atom stereocenters. The Balaban J connectivity index is 2.47. The molecule has 0 saturated heterocycles. The third-order valence-electron chi connectivity index (χ3n) is 2.23. The first-order chi connectivity index (χ1) is 5.77. The van der Waals surface area contributed by atoms with Crippen LogP contribution in [0.2, 0.25) is 0 Å². The first kappa shape index (κ1) is 7.49. The van der Waals surface area contributed by atoms with Crippen molar-refractivity contribution in [2.24, 2.45) is 5.73 Å². The van der Waals surface area contributed by atoms with Gasteiger partial charge in [-0.1, -0.05) is 0 Å². The van der Waals surface area contributed by atoms with E-state index in [9.17, 15) is 0 Å².